The van der Waals surface area contributed by atoms with Gasteiger partial charge in [0.2, 0.25) is 0 Å². The summed E-state index contributed by atoms with van der Waals surface area (Å²) in [7, 11) is 0. The van der Waals surface area contributed by atoms with Crippen molar-refractivity contribution in [3.8, 4) is 11.5 Å². The third-order valence-corrected chi connectivity index (χ3v) is 4.24. The van der Waals surface area contributed by atoms with Crippen LogP contribution in [0.5, 0.6) is 11.5 Å². The number of ether oxygens (including phenoxy) is 1. The van der Waals surface area contributed by atoms with Crippen molar-refractivity contribution in [3.05, 3.63) is 65.2 Å². The molecule has 0 heterocycles. The van der Waals surface area contributed by atoms with Crippen LogP contribution in [0.25, 0.3) is 5.57 Å². The average molecular weight is 330 g/mol. The van der Waals surface area contributed by atoms with Gasteiger partial charge in [0.15, 0.2) is 0 Å². The molecule has 0 bridgehead atoms. The van der Waals surface area contributed by atoms with Crippen molar-refractivity contribution in [3.63, 3.8) is 0 Å². The van der Waals surface area contributed by atoms with Gasteiger partial charge >= 0.3 is 0 Å². The van der Waals surface area contributed by atoms with Crippen LogP contribution in [0.4, 0.5) is 0 Å². The van der Waals surface area contributed by atoms with E-state index < -0.39 is 0 Å². The van der Waals surface area contributed by atoms with E-state index in [1.165, 1.54) is 11.1 Å². The highest BCUT2D eigenvalue weighted by molar-refractivity contribution is 6.32. The zero-order valence-corrected chi connectivity index (χ0v) is 14.8. The second kappa shape index (κ2) is 8.76. The molecule has 122 valence electrons. The number of halogens is 1. The molecule has 0 atom stereocenters. The Morgan fingerprint density at radius 1 is 1.04 bits per heavy atom. The van der Waals surface area contributed by atoms with E-state index in [1.54, 1.807) is 0 Å². The van der Waals surface area contributed by atoms with Gasteiger partial charge in [-0.2, -0.15) is 0 Å². The maximum absolute atomic E-state index is 6.12. The number of benzene rings is 2. The summed E-state index contributed by atoms with van der Waals surface area (Å²) in [5.41, 5.74) is 2.49. The predicted octanol–water partition coefficient (Wildman–Crippen LogP) is 5.88. The van der Waals surface area contributed by atoms with Crippen LogP contribution in [0.15, 0.2) is 54.6 Å². The van der Waals surface area contributed by atoms with E-state index in [0.29, 0.717) is 10.8 Å². The van der Waals surface area contributed by atoms with Crippen LogP contribution in [0.3, 0.4) is 0 Å². The number of hydrogen-bond acceptors (Lipinski definition) is 2. The Morgan fingerprint density at radius 2 is 1.70 bits per heavy atom. The van der Waals surface area contributed by atoms with Crippen molar-refractivity contribution in [2.45, 2.75) is 20.8 Å². The van der Waals surface area contributed by atoms with Crippen molar-refractivity contribution in [2.75, 3.05) is 19.6 Å². The Kier molecular flexibility index (Phi) is 6.69. The van der Waals surface area contributed by atoms with Crippen LogP contribution in [-0.2, 0) is 0 Å². The summed E-state index contributed by atoms with van der Waals surface area (Å²) in [4.78, 5) is 2.39. The highest BCUT2D eigenvalue weighted by atomic mass is 35.5. The molecule has 2 nitrogen and oxygen atoms in total. The van der Waals surface area contributed by atoms with E-state index in [0.717, 1.165) is 25.4 Å². The van der Waals surface area contributed by atoms with Crippen molar-refractivity contribution in [1.82, 2.24) is 4.90 Å². The third kappa shape index (κ3) is 5.12. The largest absolute Gasteiger partial charge is 0.456 e. The first-order valence-corrected chi connectivity index (χ1v) is 8.43. The zero-order chi connectivity index (χ0) is 16.7. The van der Waals surface area contributed by atoms with E-state index in [2.05, 4.69) is 43.9 Å². The number of likely N-dealkylation sites (N-methyl/N-ethyl adjacent to an activating group) is 1. The molecule has 0 radical (unpaired) electrons. The molecule has 0 amide bonds. The number of hydrogen-bond donors (Lipinski definition) is 0. The number of para-hydroxylation sites is 1. The van der Waals surface area contributed by atoms with Crippen molar-refractivity contribution >= 4 is 17.2 Å². The quantitative estimate of drug-likeness (QED) is 0.629. The Hall–Kier alpha value is -1.77. The number of rotatable bonds is 7. The Balaban J connectivity index is 2.04. The van der Waals surface area contributed by atoms with E-state index in [-0.39, 0.29) is 0 Å². The Morgan fingerprint density at radius 3 is 2.30 bits per heavy atom. The fourth-order valence-electron chi connectivity index (χ4n) is 2.31. The first kappa shape index (κ1) is 17.6. The molecule has 0 unspecified atom stereocenters. The van der Waals surface area contributed by atoms with Crippen LogP contribution in [0.1, 0.15) is 26.3 Å². The standard InChI is InChI=1S/C20H24ClNO/c1-4-22(5-2)15-14-16(3)17-10-12-18(13-11-17)23-20-9-7-6-8-19(20)21/h6-14H,4-5,15H2,1-3H3. The lowest BCUT2D eigenvalue weighted by Gasteiger charge is -2.16. The summed E-state index contributed by atoms with van der Waals surface area (Å²) >= 11 is 6.12. The Labute approximate surface area is 144 Å². The van der Waals surface area contributed by atoms with Gasteiger partial charge in [0.05, 0.1) is 5.02 Å². The summed E-state index contributed by atoms with van der Waals surface area (Å²) in [6, 6.07) is 15.6. The first-order valence-electron chi connectivity index (χ1n) is 8.06. The molecule has 0 N–H and O–H groups in total. The fraction of sp³-hybridized carbons (Fsp3) is 0.300. The molecule has 23 heavy (non-hydrogen) atoms. The molecule has 2 aromatic carbocycles. The van der Waals surface area contributed by atoms with Gasteiger partial charge in [0.25, 0.3) is 0 Å². The predicted molar refractivity (Wildman–Crippen MR) is 99.4 cm³/mol. The Bertz CT molecular complexity index is 645. The molecule has 0 aliphatic carbocycles. The second-order valence-corrected chi connectivity index (χ2v) is 5.84. The average Bonchev–Trinajstić information content (AvgIpc) is 2.58. The topological polar surface area (TPSA) is 12.5 Å². The highest BCUT2D eigenvalue weighted by Crippen LogP contribution is 2.29. The van der Waals surface area contributed by atoms with Gasteiger partial charge in [-0.1, -0.05) is 55.8 Å². The van der Waals surface area contributed by atoms with Crippen molar-refractivity contribution in [1.29, 1.82) is 0 Å². The molecule has 0 saturated heterocycles. The van der Waals surface area contributed by atoms with Crippen LogP contribution in [0, 0.1) is 0 Å². The first-order chi connectivity index (χ1) is 11.1. The van der Waals surface area contributed by atoms with E-state index >= 15 is 0 Å². The minimum Gasteiger partial charge on any atom is -0.456 e. The summed E-state index contributed by atoms with van der Waals surface area (Å²) in [5, 5.41) is 0.617. The molecule has 2 aromatic rings. The summed E-state index contributed by atoms with van der Waals surface area (Å²) in [5.74, 6) is 1.47. The molecule has 0 spiro atoms. The minimum atomic E-state index is 0.617. The molecule has 0 aromatic heterocycles. The molecular formula is C20H24ClNO. The van der Waals surface area contributed by atoms with E-state index in [4.69, 9.17) is 16.3 Å². The maximum Gasteiger partial charge on any atom is 0.146 e. The molecule has 2 rings (SSSR count). The van der Waals surface area contributed by atoms with Crippen LogP contribution >= 0.6 is 11.6 Å². The van der Waals surface area contributed by atoms with Gasteiger partial charge in [0.1, 0.15) is 11.5 Å². The van der Waals surface area contributed by atoms with Gasteiger partial charge in [-0.05, 0) is 55.4 Å². The molecule has 3 heteroatoms. The minimum absolute atomic E-state index is 0.617. The molecular weight excluding hydrogens is 306 g/mol. The van der Waals surface area contributed by atoms with Gasteiger partial charge in [-0.15, -0.1) is 0 Å². The third-order valence-electron chi connectivity index (χ3n) is 3.92. The summed E-state index contributed by atoms with van der Waals surface area (Å²) in [6.45, 7) is 9.65. The lowest BCUT2D eigenvalue weighted by Crippen LogP contribution is -2.22. The lowest BCUT2D eigenvalue weighted by atomic mass is 10.1. The molecule has 0 fully saturated rings. The van der Waals surface area contributed by atoms with E-state index in [9.17, 15) is 0 Å². The van der Waals surface area contributed by atoms with Crippen LogP contribution in [-0.4, -0.2) is 24.5 Å². The van der Waals surface area contributed by atoms with Gasteiger partial charge in [-0.3, -0.25) is 0 Å². The molecule has 0 aliphatic heterocycles. The molecule has 0 saturated carbocycles. The smallest absolute Gasteiger partial charge is 0.146 e. The number of nitrogens with zero attached hydrogens (tertiary/aromatic N) is 1. The second-order valence-electron chi connectivity index (χ2n) is 5.43. The zero-order valence-electron chi connectivity index (χ0n) is 14.1. The van der Waals surface area contributed by atoms with Crippen LogP contribution in [0.2, 0.25) is 5.02 Å². The molecule has 0 aliphatic rings. The summed E-state index contributed by atoms with van der Waals surface area (Å²) in [6.07, 6.45) is 2.27. The normalized spacial score (nSPS) is 11.8. The van der Waals surface area contributed by atoms with Gasteiger partial charge in [-0.25, -0.2) is 0 Å². The summed E-state index contributed by atoms with van der Waals surface area (Å²) < 4.78 is 5.82. The number of allylic oxidation sites excluding steroid dienone is 1. The fourth-order valence-corrected chi connectivity index (χ4v) is 2.48. The van der Waals surface area contributed by atoms with Crippen LogP contribution < -0.4 is 4.74 Å². The monoisotopic (exact) mass is 329 g/mol. The van der Waals surface area contributed by atoms with E-state index in [1.807, 2.05) is 36.4 Å². The lowest BCUT2D eigenvalue weighted by molar-refractivity contribution is 0.337. The van der Waals surface area contributed by atoms with Crippen molar-refractivity contribution < 1.29 is 4.74 Å². The van der Waals surface area contributed by atoms with Gasteiger partial charge < -0.3 is 9.64 Å². The SMILES string of the molecule is CCN(CC)CC=C(C)c1ccc(Oc2ccccc2Cl)cc1. The van der Waals surface area contributed by atoms with Crippen molar-refractivity contribution in [2.24, 2.45) is 0 Å². The van der Waals surface area contributed by atoms with Gasteiger partial charge in [0, 0.05) is 6.54 Å². The highest BCUT2D eigenvalue weighted by Gasteiger charge is 2.03. The maximum atomic E-state index is 6.12.